The second kappa shape index (κ2) is 6.47. The van der Waals surface area contributed by atoms with E-state index >= 15 is 0 Å². The molecule has 0 radical (unpaired) electrons. The fraction of sp³-hybridized carbons (Fsp3) is 0.333. The number of anilines is 1. The predicted molar refractivity (Wildman–Crippen MR) is 77.5 cm³/mol. The number of rotatable bonds is 5. The Balaban J connectivity index is 2.41. The Labute approximate surface area is 121 Å². The van der Waals surface area contributed by atoms with Crippen LogP contribution in [-0.4, -0.2) is 16.5 Å². The lowest BCUT2D eigenvalue weighted by Crippen LogP contribution is -2.16. The van der Waals surface area contributed by atoms with E-state index in [4.69, 9.17) is 0 Å². The SMILES string of the molecule is CCCNc1nc(C(C)c2c(F)cccc2F)cc(=O)[nH]1. The molecular formula is C15H17F2N3O. The van der Waals surface area contributed by atoms with Crippen molar-refractivity contribution in [3.8, 4) is 0 Å². The fourth-order valence-corrected chi connectivity index (χ4v) is 2.10. The van der Waals surface area contributed by atoms with Crippen LogP contribution >= 0.6 is 0 Å². The Morgan fingerprint density at radius 3 is 2.62 bits per heavy atom. The number of aromatic nitrogens is 2. The van der Waals surface area contributed by atoms with Crippen LogP contribution in [-0.2, 0) is 0 Å². The van der Waals surface area contributed by atoms with Gasteiger partial charge in [0.25, 0.3) is 5.56 Å². The quantitative estimate of drug-likeness (QED) is 0.891. The maximum Gasteiger partial charge on any atom is 0.252 e. The number of halogens is 2. The molecule has 1 unspecified atom stereocenters. The number of hydrogen-bond donors (Lipinski definition) is 2. The zero-order valence-electron chi connectivity index (χ0n) is 11.9. The Hall–Kier alpha value is -2.24. The van der Waals surface area contributed by atoms with Crippen LogP contribution in [0.2, 0.25) is 0 Å². The van der Waals surface area contributed by atoms with E-state index < -0.39 is 17.6 Å². The van der Waals surface area contributed by atoms with Crippen molar-refractivity contribution in [1.29, 1.82) is 0 Å². The van der Waals surface area contributed by atoms with Crippen LogP contribution in [0.15, 0.2) is 29.1 Å². The van der Waals surface area contributed by atoms with Crippen molar-refractivity contribution in [1.82, 2.24) is 9.97 Å². The molecule has 0 saturated heterocycles. The molecule has 6 heteroatoms. The van der Waals surface area contributed by atoms with Gasteiger partial charge in [-0.05, 0) is 18.6 Å². The molecule has 2 N–H and O–H groups in total. The van der Waals surface area contributed by atoms with Crippen LogP contribution in [0.5, 0.6) is 0 Å². The summed E-state index contributed by atoms with van der Waals surface area (Å²) in [4.78, 5) is 18.4. The van der Waals surface area contributed by atoms with Crippen molar-refractivity contribution in [2.24, 2.45) is 0 Å². The van der Waals surface area contributed by atoms with Gasteiger partial charge < -0.3 is 5.32 Å². The van der Waals surface area contributed by atoms with Crippen LogP contribution in [0.4, 0.5) is 14.7 Å². The first-order chi connectivity index (χ1) is 10.0. The van der Waals surface area contributed by atoms with Crippen molar-refractivity contribution in [2.45, 2.75) is 26.2 Å². The monoisotopic (exact) mass is 293 g/mol. The summed E-state index contributed by atoms with van der Waals surface area (Å²) in [7, 11) is 0. The van der Waals surface area contributed by atoms with Crippen LogP contribution in [0.3, 0.4) is 0 Å². The van der Waals surface area contributed by atoms with Crippen LogP contribution in [0, 0.1) is 11.6 Å². The van der Waals surface area contributed by atoms with Gasteiger partial charge in [-0.25, -0.2) is 13.8 Å². The minimum atomic E-state index is -0.657. The van der Waals surface area contributed by atoms with Crippen molar-refractivity contribution in [3.63, 3.8) is 0 Å². The molecule has 1 aromatic carbocycles. The van der Waals surface area contributed by atoms with E-state index in [0.717, 1.165) is 6.42 Å². The Bertz CT molecular complexity index is 665. The summed E-state index contributed by atoms with van der Waals surface area (Å²) in [6.45, 7) is 4.24. The van der Waals surface area contributed by atoms with Gasteiger partial charge in [-0.15, -0.1) is 0 Å². The average molecular weight is 293 g/mol. The smallest absolute Gasteiger partial charge is 0.252 e. The van der Waals surface area contributed by atoms with Gasteiger partial charge in [0.1, 0.15) is 11.6 Å². The molecule has 2 rings (SSSR count). The van der Waals surface area contributed by atoms with Crippen molar-refractivity contribution in [3.05, 3.63) is 57.5 Å². The number of benzene rings is 1. The van der Waals surface area contributed by atoms with Crippen LogP contribution in [0.25, 0.3) is 0 Å². The minimum Gasteiger partial charge on any atom is -0.356 e. The second-order valence-corrected chi connectivity index (χ2v) is 4.80. The third kappa shape index (κ3) is 3.45. The number of nitrogens with one attached hydrogen (secondary N) is 2. The van der Waals surface area contributed by atoms with E-state index in [0.29, 0.717) is 18.2 Å². The minimum absolute atomic E-state index is 0.0861. The van der Waals surface area contributed by atoms with Gasteiger partial charge in [-0.1, -0.05) is 19.9 Å². The average Bonchev–Trinajstić information content (AvgIpc) is 2.44. The molecule has 2 aromatic rings. The van der Waals surface area contributed by atoms with Crippen molar-refractivity contribution in [2.75, 3.05) is 11.9 Å². The summed E-state index contributed by atoms with van der Waals surface area (Å²) in [5.41, 5.74) is -0.124. The maximum atomic E-state index is 13.8. The van der Waals surface area contributed by atoms with Gasteiger partial charge in [-0.3, -0.25) is 9.78 Å². The molecular weight excluding hydrogens is 276 g/mol. The van der Waals surface area contributed by atoms with E-state index in [-0.39, 0.29) is 11.1 Å². The zero-order valence-corrected chi connectivity index (χ0v) is 11.9. The molecule has 1 atom stereocenters. The molecule has 21 heavy (non-hydrogen) atoms. The van der Waals surface area contributed by atoms with Gasteiger partial charge in [-0.2, -0.15) is 0 Å². The summed E-state index contributed by atoms with van der Waals surface area (Å²) < 4.78 is 27.6. The summed E-state index contributed by atoms with van der Waals surface area (Å²) in [6.07, 6.45) is 0.867. The highest BCUT2D eigenvalue weighted by Crippen LogP contribution is 2.27. The van der Waals surface area contributed by atoms with Gasteiger partial charge in [0, 0.05) is 24.1 Å². The Kier molecular flexibility index (Phi) is 4.67. The molecule has 0 fully saturated rings. The fourth-order valence-electron chi connectivity index (χ4n) is 2.10. The summed E-state index contributed by atoms with van der Waals surface area (Å²) in [5, 5.41) is 2.96. The second-order valence-electron chi connectivity index (χ2n) is 4.80. The summed E-state index contributed by atoms with van der Waals surface area (Å²) >= 11 is 0. The lowest BCUT2D eigenvalue weighted by molar-refractivity contribution is 0.545. The number of nitrogens with zero attached hydrogens (tertiary/aromatic N) is 1. The molecule has 1 aromatic heterocycles. The number of hydrogen-bond acceptors (Lipinski definition) is 3. The van der Waals surface area contributed by atoms with E-state index in [1.54, 1.807) is 6.92 Å². The lowest BCUT2D eigenvalue weighted by Gasteiger charge is -2.14. The first kappa shape index (κ1) is 15.2. The van der Waals surface area contributed by atoms with E-state index in [9.17, 15) is 13.6 Å². The highest BCUT2D eigenvalue weighted by Gasteiger charge is 2.19. The molecule has 0 aliphatic carbocycles. The third-order valence-corrected chi connectivity index (χ3v) is 3.18. The van der Waals surface area contributed by atoms with E-state index in [1.807, 2.05) is 6.92 Å². The topological polar surface area (TPSA) is 57.8 Å². The van der Waals surface area contributed by atoms with Crippen molar-refractivity contribution >= 4 is 5.95 Å². The van der Waals surface area contributed by atoms with Gasteiger partial charge in [0.05, 0.1) is 5.69 Å². The van der Waals surface area contributed by atoms with Gasteiger partial charge >= 0.3 is 0 Å². The molecule has 0 aliphatic rings. The summed E-state index contributed by atoms with van der Waals surface area (Å²) in [5.74, 6) is -1.64. The first-order valence-corrected chi connectivity index (χ1v) is 6.82. The van der Waals surface area contributed by atoms with Gasteiger partial charge in [0.2, 0.25) is 5.95 Å². The molecule has 0 saturated carbocycles. The zero-order chi connectivity index (χ0) is 15.4. The molecule has 4 nitrogen and oxygen atoms in total. The van der Waals surface area contributed by atoms with E-state index in [2.05, 4.69) is 15.3 Å². The normalized spacial score (nSPS) is 12.2. The number of aromatic amines is 1. The first-order valence-electron chi connectivity index (χ1n) is 6.82. The highest BCUT2D eigenvalue weighted by molar-refractivity contribution is 5.33. The predicted octanol–water partition coefficient (Wildman–Crippen LogP) is 3.02. The molecule has 0 bridgehead atoms. The lowest BCUT2D eigenvalue weighted by atomic mass is 9.96. The van der Waals surface area contributed by atoms with Crippen molar-refractivity contribution < 1.29 is 8.78 Å². The molecule has 1 heterocycles. The van der Waals surface area contributed by atoms with Crippen LogP contribution < -0.4 is 10.9 Å². The third-order valence-electron chi connectivity index (χ3n) is 3.18. The Morgan fingerprint density at radius 2 is 2.00 bits per heavy atom. The number of H-pyrrole nitrogens is 1. The van der Waals surface area contributed by atoms with Crippen LogP contribution in [0.1, 0.15) is 37.4 Å². The highest BCUT2D eigenvalue weighted by atomic mass is 19.1. The van der Waals surface area contributed by atoms with Gasteiger partial charge in [0.15, 0.2) is 0 Å². The standard InChI is InChI=1S/C15H17F2N3O/c1-3-7-18-15-19-12(8-13(21)20-15)9(2)14-10(16)5-4-6-11(14)17/h4-6,8-9H,3,7H2,1-2H3,(H2,18,19,20,21). The molecule has 0 aliphatic heterocycles. The molecule has 0 spiro atoms. The molecule has 0 amide bonds. The Morgan fingerprint density at radius 1 is 1.33 bits per heavy atom. The summed E-state index contributed by atoms with van der Waals surface area (Å²) in [6, 6.07) is 4.95. The largest absolute Gasteiger partial charge is 0.356 e. The molecule has 112 valence electrons. The van der Waals surface area contributed by atoms with E-state index in [1.165, 1.54) is 24.3 Å². The maximum absolute atomic E-state index is 13.8.